The van der Waals surface area contributed by atoms with Crippen LogP contribution in [0.15, 0.2) is 17.1 Å². The van der Waals surface area contributed by atoms with Crippen LogP contribution in [0.25, 0.3) is 0 Å². The highest BCUT2D eigenvalue weighted by Gasteiger charge is 2.45. The van der Waals surface area contributed by atoms with Gasteiger partial charge in [-0.2, -0.15) is 13.4 Å². The van der Waals surface area contributed by atoms with Crippen molar-refractivity contribution in [1.29, 1.82) is 0 Å². The molecule has 2 heterocycles. The van der Waals surface area contributed by atoms with Gasteiger partial charge in [0.05, 0.1) is 19.1 Å². The summed E-state index contributed by atoms with van der Waals surface area (Å²) in [6.07, 6.45) is -5.74. The van der Waals surface area contributed by atoms with Crippen LogP contribution >= 0.6 is 0 Å². The molecule has 0 aromatic carbocycles. The molecule has 29 heavy (non-hydrogen) atoms. The third-order valence-corrected chi connectivity index (χ3v) is 4.70. The Kier molecular flexibility index (Phi) is 6.88. The van der Waals surface area contributed by atoms with E-state index in [2.05, 4.69) is 9.17 Å². The number of carboxylic acid groups (broad SMARTS) is 1. The normalized spacial score (nSPS) is 25.5. The molecular formula is C13H19N5O10S. The number of aliphatic hydroxyl groups is 2. The van der Waals surface area contributed by atoms with Gasteiger partial charge in [-0.25, -0.2) is 9.52 Å². The average molecular weight is 437 g/mol. The van der Waals surface area contributed by atoms with Crippen molar-refractivity contribution in [1.82, 2.24) is 14.3 Å². The number of anilines is 1. The van der Waals surface area contributed by atoms with Gasteiger partial charge in [-0.3, -0.25) is 18.3 Å². The summed E-state index contributed by atoms with van der Waals surface area (Å²) in [5, 5.41) is 28.6. The number of ether oxygens (including phenoxy) is 1. The summed E-state index contributed by atoms with van der Waals surface area (Å²) in [5.41, 5.74) is 9.71. The molecule has 2 rings (SSSR count). The minimum absolute atomic E-state index is 0.0814. The number of nitrogens with two attached hydrogens (primary N) is 2. The molecule has 1 aliphatic rings. The molecule has 1 aromatic rings. The number of amides is 1. The molecule has 1 aliphatic heterocycles. The lowest BCUT2D eigenvalue weighted by Gasteiger charge is -2.17. The highest BCUT2D eigenvalue weighted by atomic mass is 32.2. The number of carbonyl (C=O) groups is 2. The minimum Gasteiger partial charge on any atom is -0.481 e. The molecule has 162 valence electrons. The van der Waals surface area contributed by atoms with Crippen LogP contribution in [0.3, 0.4) is 0 Å². The standard InChI is InChI=1S/C13H19N5O10S/c14-5(3-8(19)20)11(23)17-29(25,26)27-4-6-9(21)10(22)12(28-6)18-2-1-7(15)16-13(18)24/h1-2,5-6,9-10,12,21-22H,3-4,14H2,(H,17,23)(H,19,20)(H2,15,16,24)/t5-,6+,9+,10+,12+/m0/s1. The van der Waals surface area contributed by atoms with E-state index in [1.165, 1.54) is 10.8 Å². The second-order valence-electron chi connectivity index (χ2n) is 6.00. The Labute approximate surface area is 163 Å². The van der Waals surface area contributed by atoms with Gasteiger partial charge < -0.3 is 31.5 Å². The predicted octanol–water partition coefficient (Wildman–Crippen LogP) is -4.38. The first kappa shape index (κ1) is 22.7. The highest BCUT2D eigenvalue weighted by Crippen LogP contribution is 2.28. The number of aliphatic hydroxyl groups excluding tert-OH is 2. The van der Waals surface area contributed by atoms with E-state index in [0.29, 0.717) is 0 Å². The van der Waals surface area contributed by atoms with Gasteiger partial charge in [0, 0.05) is 6.20 Å². The summed E-state index contributed by atoms with van der Waals surface area (Å²) in [4.78, 5) is 37.3. The lowest BCUT2D eigenvalue weighted by atomic mass is 10.1. The number of nitrogen functional groups attached to an aromatic ring is 1. The molecule has 16 heteroatoms. The summed E-state index contributed by atoms with van der Waals surface area (Å²) in [7, 11) is -4.73. The monoisotopic (exact) mass is 437 g/mol. The molecule has 5 atom stereocenters. The zero-order valence-electron chi connectivity index (χ0n) is 14.6. The maximum absolute atomic E-state index is 11.8. The van der Waals surface area contributed by atoms with Crippen LogP contribution in [0.4, 0.5) is 5.82 Å². The molecule has 0 saturated carbocycles. The summed E-state index contributed by atoms with van der Waals surface area (Å²) in [5.74, 6) is -2.82. The third kappa shape index (κ3) is 5.68. The number of carbonyl (C=O) groups excluding carboxylic acids is 1. The van der Waals surface area contributed by atoms with Crippen molar-refractivity contribution in [2.24, 2.45) is 5.73 Å². The van der Waals surface area contributed by atoms with E-state index in [1.54, 1.807) is 0 Å². The molecule has 0 spiro atoms. The molecule has 15 nitrogen and oxygen atoms in total. The van der Waals surface area contributed by atoms with Crippen LogP contribution in [-0.4, -0.2) is 76.1 Å². The number of rotatable bonds is 8. The number of nitrogens with one attached hydrogen (secondary N) is 1. The van der Waals surface area contributed by atoms with Gasteiger partial charge in [0.1, 0.15) is 24.1 Å². The smallest absolute Gasteiger partial charge is 0.362 e. The summed E-state index contributed by atoms with van der Waals surface area (Å²) < 4.78 is 35.6. The van der Waals surface area contributed by atoms with Crippen molar-refractivity contribution in [3.8, 4) is 0 Å². The molecule has 1 saturated heterocycles. The van der Waals surface area contributed by atoms with Crippen LogP contribution < -0.4 is 21.9 Å². The van der Waals surface area contributed by atoms with E-state index in [4.69, 9.17) is 21.3 Å². The van der Waals surface area contributed by atoms with Crippen molar-refractivity contribution in [2.45, 2.75) is 37.0 Å². The van der Waals surface area contributed by atoms with Gasteiger partial charge in [0.15, 0.2) is 6.23 Å². The Hall–Kier alpha value is -2.63. The van der Waals surface area contributed by atoms with Gasteiger partial charge in [0.2, 0.25) is 0 Å². The second-order valence-corrected chi connectivity index (χ2v) is 7.35. The average Bonchev–Trinajstić information content (AvgIpc) is 2.87. The first-order valence-corrected chi connectivity index (χ1v) is 9.36. The van der Waals surface area contributed by atoms with Gasteiger partial charge in [-0.15, -0.1) is 0 Å². The number of hydrogen-bond acceptors (Lipinski definition) is 12. The van der Waals surface area contributed by atoms with E-state index in [-0.39, 0.29) is 5.82 Å². The Morgan fingerprint density at radius 3 is 2.62 bits per heavy atom. The first-order valence-electron chi connectivity index (χ1n) is 7.96. The fourth-order valence-electron chi connectivity index (χ4n) is 2.38. The van der Waals surface area contributed by atoms with E-state index in [9.17, 15) is 33.0 Å². The van der Waals surface area contributed by atoms with Crippen LogP contribution in [0, 0.1) is 0 Å². The maximum atomic E-state index is 11.8. The Morgan fingerprint density at radius 1 is 1.38 bits per heavy atom. The molecule has 0 unspecified atom stereocenters. The van der Waals surface area contributed by atoms with E-state index < -0.39 is 71.5 Å². The van der Waals surface area contributed by atoms with Crippen LogP contribution in [0.2, 0.25) is 0 Å². The van der Waals surface area contributed by atoms with Crippen LogP contribution in [0.1, 0.15) is 12.6 Å². The van der Waals surface area contributed by atoms with Crippen LogP contribution in [-0.2, 0) is 28.8 Å². The Balaban J connectivity index is 2.00. The van der Waals surface area contributed by atoms with Crippen LogP contribution in [0.5, 0.6) is 0 Å². The van der Waals surface area contributed by atoms with Gasteiger partial charge >= 0.3 is 22.0 Å². The molecular weight excluding hydrogens is 418 g/mol. The third-order valence-electron chi connectivity index (χ3n) is 3.81. The number of aliphatic carboxylic acids is 1. The van der Waals surface area contributed by atoms with Crippen molar-refractivity contribution in [3.63, 3.8) is 0 Å². The number of aromatic nitrogens is 2. The number of hydrogen-bond donors (Lipinski definition) is 6. The zero-order valence-corrected chi connectivity index (χ0v) is 15.4. The topological polar surface area (TPSA) is 246 Å². The number of carboxylic acids is 1. The molecule has 8 N–H and O–H groups in total. The number of nitrogens with zero attached hydrogens (tertiary/aromatic N) is 2. The first-order chi connectivity index (χ1) is 13.4. The second kappa shape index (κ2) is 8.80. The highest BCUT2D eigenvalue weighted by molar-refractivity contribution is 7.85. The largest absolute Gasteiger partial charge is 0.481 e. The molecule has 0 radical (unpaired) electrons. The van der Waals surface area contributed by atoms with Gasteiger partial charge in [-0.05, 0) is 6.07 Å². The Morgan fingerprint density at radius 2 is 2.03 bits per heavy atom. The van der Waals surface area contributed by atoms with Crippen molar-refractivity contribution >= 4 is 28.0 Å². The molecule has 0 bridgehead atoms. The predicted molar refractivity (Wildman–Crippen MR) is 92.1 cm³/mol. The van der Waals surface area contributed by atoms with Crippen molar-refractivity contribution in [3.05, 3.63) is 22.7 Å². The van der Waals surface area contributed by atoms with E-state index in [1.807, 2.05) is 0 Å². The summed E-state index contributed by atoms with van der Waals surface area (Å²) in [6, 6.07) is -0.399. The Bertz CT molecular complexity index is 934. The fraction of sp³-hybridized carbons (Fsp3) is 0.538. The summed E-state index contributed by atoms with van der Waals surface area (Å²) in [6.45, 7) is -0.845. The molecule has 1 amide bonds. The molecule has 1 aromatic heterocycles. The lowest BCUT2D eigenvalue weighted by molar-refractivity contribution is -0.139. The lowest BCUT2D eigenvalue weighted by Crippen LogP contribution is -2.45. The van der Waals surface area contributed by atoms with Crippen molar-refractivity contribution < 1.29 is 42.2 Å². The van der Waals surface area contributed by atoms with Crippen molar-refractivity contribution in [2.75, 3.05) is 12.3 Å². The van der Waals surface area contributed by atoms with E-state index in [0.717, 1.165) is 10.8 Å². The summed E-state index contributed by atoms with van der Waals surface area (Å²) >= 11 is 0. The fourth-order valence-corrected chi connectivity index (χ4v) is 3.15. The van der Waals surface area contributed by atoms with E-state index >= 15 is 0 Å². The SMILES string of the molecule is Nc1ccn([C@@H]2O[C@H](COS(=O)(=O)NC(=O)[C@@H](N)CC(=O)O)[C@@H](O)[C@H]2O)c(=O)n1. The van der Waals surface area contributed by atoms with Gasteiger partial charge in [-0.1, -0.05) is 0 Å². The molecule has 1 fully saturated rings. The quantitative estimate of drug-likeness (QED) is 0.225. The zero-order chi connectivity index (χ0) is 21.9. The minimum atomic E-state index is -4.73. The molecule has 0 aliphatic carbocycles. The maximum Gasteiger partial charge on any atom is 0.362 e. The van der Waals surface area contributed by atoms with Gasteiger partial charge in [0.25, 0.3) is 5.91 Å².